The molecule has 0 saturated carbocycles. The van der Waals surface area contributed by atoms with Gasteiger partial charge in [-0.2, -0.15) is 0 Å². The third-order valence-corrected chi connectivity index (χ3v) is 3.06. The zero-order valence-corrected chi connectivity index (χ0v) is 9.84. The van der Waals surface area contributed by atoms with E-state index in [1.165, 1.54) is 0 Å². The second-order valence-corrected chi connectivity index (χ2v) is 4.21. The summed E-state index contributed by atoms with van der Waals surface area (Å²) in [5, 5.41) is 3.32. The number of fused-ring (bicyclic) bond motifs is 1. The maximum Gasteiger partial charge on any atom is 0.0789 e. The Hall–Kier alpha value is -1.42. The van der Waals surface area contributed by atoms with Gasteiger partial charge in [-0.05, 0) is 25.5 Å². The average molecular weight is 221 g/mol. The summed E-state index contributed by atoms with van der Waals surface area (Å²) in [5.41, 5.74) is 16.8. The number of rotatable bonds is 2. The van der Waals surface area contributed by atoms with Gasteiger partial charge in [0.15, 0.2) is 0 Å². The molecule has 1 heterocycles. The van der Waals surface area contributed by atoms with Gasteiger partial charge in [-0.3, -0.25) is 0 Å². The number of nitrogens with one attached hydrogen (secondary N) is 1. The minimum absolute atomic E-state index is 0.196. The van der Waals surface area contributed by atoms with Crippen molar-refractivity contribution in [2.45, 2.75) is 26.4 Å². The Morgan fingerprint density at radius 2 is 2.25 bits per heavy atom. The van der Waals surface area contributed by atoms with Crippen LogP contribution in [0.25, 0.3) is 0 Å². The third kappa shape index (κ3) is 1.80. The Labute approximate surface area is 96.0 Å². The fraction of sp³-hybridized carbons (Fsp3) is 0.500. The van der Waals surface area contributed by atoms with E-state index in [-0.39, 0.29) is 6.10 Å². The van der Waals surface area contributed by atoms with Crippen molar-refractivity contribution in [1.82, 2.24) is 0 Å². The van der Waals surface area contributed by atoms with Gasteiger partial charge in [0, 0.05) is 30.8 Å². The highest BCUT2D eigenvalue weighted by Gasteiger charge is 2.22. The lowest BCUT2D eigenvalue weighted by molar-refractivity contribution is 0.0705. The van der Waals surface area contributed by atoms with Gasteiger partial charge in [0.2, 0.25) is 0 Å². The number of nitrogen functional groups attached to an aromatic ring is 2. The molecular formula is C12H19N3O. The second kappa shape index (κ2) is 4.22. The van der Waals surface area contributed by atoms with Gasteiger partial charge < -0.3 is 21.5 Å². The molecule has 0 saturated heterocycles. The van der Waals surface area contributed by atoms with E-state index in [4.69, 9.17) is 16.2 Å². The molecule has 1 aromatic rings. The first-order chi connectivity index (χ1) is 7.63. The molecule has 88 valence electrons. The van der Waals surface area contributed by atoms with Crippen LogP contribution in [0, 0.1) is 6.92 Å². The van der Waals surface area contributed by atoms with E-state index in [2.05, 4.69) is 5.32 Å². The van der Waals surface area contributed by atoms with E-state index in [1.54, 1.807) is 0 Å². The van der Waals surface area contributed by atoms with Crippen LogP contribution in [0.5, 0.6) is 0 Å². The van der Waals surface area contributed by atoms with Gasteiger partial charge in [0.05, 0.1) is 17.5 Å². The summed E-state index contributed by atoms with van der Waals surface area (Å²) >= 11 is 0. The Balaban J connectivity index is 2.35. The zero-order valence-electron chi connectivity index (χ0n) is 9.84. The van der Waals surface area contributed by atoms with Crippen molar-refractivity contribution in [2.75, 3.05) is 29.9 Å². The van der Waals surface area contributed by atoms with Gasteiger partial charge in [0.1, 0.15) is 0 Å². The molecule has 0 aliphatic carbocycles. The first kappa shape index (κ1) is 11.1. The summed E-state index contributed by atoms with van der Waals surface area (Å²) in [6, 6.07) is 1.93. The van der Waals surface area contributed by atoms with E-state index in [9.17, 15) is 0 Å². The predicted octanol–water partition coefficient (Wildman–Crippen LogP) is 1.53. The van der Waals surface area contributed by atoms with Crippen molar-refractivity contribution in [3.63, 3.8) is 0 Å². The fourth-order valence-corrected chi connectivity index (χ4v) is 2.19. The number of nitrogens with two attached hydrogens (primary N) is 2. The number of hydrogen-bond donors (Lipinski definition) is 3. The normalized spacial score (nSPS) is 19.0. The van der Waals surface area contributed by atoms with Crippen molar-refractivity contribution in [3.05, 3.63) is 17.2 Å². The molecule has 1 aliphatic rings. The molecule has 4 heteroatoms. The summed E-state index contributed by atoms with van der Waals surface area (Å²) in [5.74, 6) is 0. The first-order valence-electron chi connectivity index (χ1n) is 5.66. The molecule has 16 heavy (non-hydrogen) atoms. The lowest BCUT2D eigenvalue weighted by Crippen LogP contribution is -2.31. The molecule has 0 fully saturated rings. The standard InChI is InChI=1S/C12H19N3O/c1-3-16-8-5-9-10(13)4-7(2)11(14)12(9)15-6-8/h4,8,15H,3,5-6,13-14H2,1-2H3. The lowest BCUT2D eigenvalue weighted by atomic mass is 9.96. The number of ether oxygens (including phenoxy) is 1. The highest BCUT2D eigenvalue weighted by Crippen LogP contribution is 2.35. The zero-order chi connectivity index (χ0) is 11.7. The molecule has 1 atom stereocenters. The lowest BCUT2D eigenvalue weighted by Gasteiger charge is -2.28. The SMILES string of the molecule is CCOC1CNc2c(N)c(C)cc(N)c2C1. The van der Waals surface area contributed by atoms with Crippen molar-refractivity contribution in [1.29, 1.82) is 0 Å². The van der Waals surface area contributed by atoms with Crippen molar-refractivity contribution >= 4 is 17.1 Å². The molecule has 0 amide bonds. The van der Waals surface area contributed by atoms with E-state index in [0.717, 1.165) is 47.8 Å². The summed E-state index contributed by atoms with van der Waals surface area (Å²) in [4.78, 5) is 0. The number of anilines is 3. The predicted molar refractivity (Wildman–Crippen MR) is 67.6 cm³/mol. The number of benzene rings is 1. The Morgan fingerprint density at radius 3 is 2.94 bits per heavy atom. The highest BCUT2D eigenvalue weighted by atomic mass is 16.5. The molecule has 0 aromatic heterocycles. The molecule has 4 nitrogen and oxygen atoms in total. The molecule has 5 N–H and O–H groups in total. The smallest absolute Gasteiger partial charge is 0.0789 e. The molecule has 0 radical (unpaired) electrons. The molecule has 1 unspecified atom stereocenters. The average Bonchev–Trinajstić information content (AvgIpc) is 2.27. The summed E-state index contributed by atoms with van der Waals surface area (Å²) in [6.45, 7) is 5.50. The molecule has 2 rings (SSSR count). The van der Waals surface area contributed by atoms with Crippen molar-refractivity contribution in [2.24, 2.45) is 0 Å². The van der Waals surface area contributed by atoms with Gasteiger partial charge in [-0.25, -0.2) is 0 Å². The second-order valence-electron chi connectivity index (χ2n) is 4.21. The number of hydrogen-bond acceptors (Lipinski definition) is 4. The highest BCUT2D eigenvalue weighted by molar-refractivity contribution is 5.80. The van der Waals surface area contributed by atoms with Gasteiger partial charge in [0.25, 0.3) is 0 Å². The maximum atomic E-state index is 6.03. The minimum Gasteiger partial charge on any atom is -0.398 e. The van der Waals surface area contributed by atoms with Crippen LogP contribution in [-0.4, -0.2) is 19.3 Å². The van der Waals surface area contributed by atoms with Gasteiger partial charge >= 0.3 is 0 Å². The van der Waals surface area contributed by atoms with E-state index >= 15 is 0 Å². The maximum absolute atomic E-state index is 6.03. The Bertz CT molecular complexity index is 404. The molecule has 0 bridgehead atoms. The van der Waals surface area contributed by atoms with Crippen molar-refractivity contribution < 1.29 is 4.74 Å². The summed E-state index contributed by atoms with van der Waals surface area (Å²) in [7, 11) is 0. The van der Waals surface area contributed by atoms with Crippen LogP contribution >= 0.6 is 0 Å². The summed E-state index contributed by atoms with van der Waals surface area (Å²) < 4.78 is 5.61. The third-order valence-electron chi connectivity index (χ3n) is 3.06. The Kier molecular flexibility index (Phi) is 2.92. The van der Waals surface area contributed by atoms with Crippen LogP contribution in [0.3, 0.4) is 0 Å². The van der Waals surface area contributed by atoms with Crippen LogP contribution in [0.15, 0.2) is 6.07 Å². The minimum atomic E-state index is 0.196. The van der Waals surface area contributed by atoms with Crippen LogP contribution in [0.1, 0.15) is 18.1 Å². The monoisotopic (exact) mass is 221 g/mol. The molecular weight excluding hydrogens is 202 g/mol. The largest absolute Gasteiger partial charge is 0.398 e. The van der Waals surface area contributed by atoms with Crippen molar-refractivity contribution in [3.8, 4) is 0 Å². The number of aryl methyl sites for hydroxylation is 1. The first-order valence-corrected chi connectivity index (χ1v) is 5.66. The molecule has 0 spiro atoms. The van der Waals surface area contributed by atoms with Gasteiger partial charge in [-0.15, -0.1) is 0 Å². The van der Waals surface area contributed by atoms with E-state index in [0.29, 0.717) is 0 Å². The quantitative estimate of drug-likeness (QED) is 0.662. The van der Waals surface area contributed by atoms with Gasteiger partial charge in [-0.1, -0.05) is 0 Å². The molecule has 1 aromatic carbocycles. The topological polar surface area (TPSA) is 73.3 Å². The van der Waals surface area contributed by atoms with Crippen LogP contribution in [0.2, 0.25) is 0 Å². The van der Waals surface area contributed by atoms with E-state index in [1.807, 2.05) is 19.9 Å². The molecule has 1 aliphatic heterocycles. The van der Waals surface area contributed by atoms with Crippen LogP contribution in [0.4, 0.5) is 17.1 Å². The van der Waals surface area contributed by atoms with Crippen LogP contribution < -0.4 is 16.8 Å². The van der Waals surface area contributed by atoms with E-state index < -0.39 is 0 Å². The fourth-order valence-electron chi connectivity index (χ4n) is 2.19. The van der Waals surface area contributed by atoms with Crippen LogP contribution in [-0.2, 0) is 11.2 Å². The summed E-state index contributed by atoms with van der Waals surface area (Å²) in [6.07, 6.45) is 1.04. The Morgan fingerprint density at radius 1 is 1.50 bits per heavy atom.